The van der Waals surface area contributed by atoms with Gasteiger partial charge in [0.15, 0.2) is 0 Å². The Morgan fingerprint density at radius 3 is 2.38 bits per heavy atom. The zero-order valence-electron chi connectivity index (χ0n) is 12.4. The lowest BCUT2D eigenvalue weighted by Crippen LogP contribution is -2.13. The van der Waals surface area contributed by atoms with E-state index in [-0.39, 0.29) is 5.91 Å². The van der Waals surface area contributed by atoms with Gasteiger partial charge in [0, 0.05) is 22.1 Å². The Kier molecular flexibility index (Phi) is 5.02. The second-order valence-corrected chi connectivity index (χ2v) is 5.43. The predicted octanol–water partition coefficient (Wildman–Crippen LogP) is 4.46. The van der Waals surface area contributed by atoms with Gasteiger partial charge in [0.1, 0.15) is 5.75 Å². The van der Waals surface area contributed by atoms with Crippen molar-refractivity contribution in [3.63, 3.8) is 0 Å². The van der Waals surface area contributed by atoms with Crippen molar-refractivity contribution in [2.75, 3.05) is 12.4 Å². The number of carbonyl (C=O) groups is 1. The van der Waals surface area contributed by atoms with Crippen molar-refractivity contribution in [2.24, 2.45) is 0 Å². The summed E-state index contributed by atoms with van der Waals surface area (Å²) in [6.07, 6.45) is 0. The number of anilines is 1. The number of ether oxygens (including phenoxy) is 1. The van der Waals surface area contributed by atoms with Gasteiger partial charge in [-0.25, -0.2) is 0 Å². The van der Waals surface area contributed by atoms with E-state index in [1.807, 2.05) is 50.2 Å². The zero-order chi connectivity index (χ0) is 15.4. The quantitative estimate of drug-likeness (QED) is 0.829. The summed E-state index contributed by atoms with van der Waals surface area (Å²) >= 11 is 3.39. The lowest BCUT2D eigenvalue weighted by atomic mass is 10.1. The molecule has 0 aliphatic heterocycles. The third-order valence-corrected chi connectivity index (χ3v) is 4.07. The molecule has 0 aliphatic carbocycles. The molecule has 0 radical (unpaired) electrons. The average Bonchev–Trinajstić information content (AvgIpc) is 2.50. The molecular formula is C17H18BrNO2. The van der Waals surface area contributed by atoms with Crippen molar-refractivity contribution >= 4 is 27.5 Å². The van der Waals surface area contributed by atoms with Crippen LogP contribution in [0.3, 0.4) is 0 Å². The molecule has 0 atom stereocenters. The number of carbonyl (C=O) groups excluding carboxylic acids is 1. The zero-order valence-corrected chi connectivity index (χ0v) is 14.0. The van der Waals surface area contributed by atoms with Crippen molar-refractivity contribution in [1.82, 2.24) is 0 Å². The Morgan fingerprint density at radius 1 is 1.14 bits per heavy atom. The van der Waals surface area contributed by atoms with Gasteiger partial charge in [0.05, 0.1) is 7.11 Å². The molecular weight excluding hydrogens is 330 g/mol. The van der Waals surface area contributed by atoms with E-state index >= 15 is 0 Å². The number of amides is 1. The molecule has 2 aromatic carbocycles. The van der Waals surface area contributed by atoms with E-state index in [4.69, 9.17) is 4.74 Å². The molecule has 0 aliphatic rings. The standard InChI is InChI=1S/C17H18BrNO2/c1-11-4-9-15(12(2)16(11)21-3)19-17(20)14-7-5-13(10-18)6-8-14/h4-9H,10H2,1-3H3,(H,19,20). The number of halogens is 1. The van der Waals surface area contributed by atoms with Gasteiger partial charge in [0.2, 0.25) is 0 Å². The maximum atomic E-state index is 12.3. The van der Waals surface area contributed by atoms with Gasteiger partial charge in [-0.1, -0.05) is 34.1 Å². The summed E-state index contributed by atoms with van der Waals surface area (Å²) in [5.41, 5.74) is 4.53. The molecule has 0 fully saturated rings. The van der Waals surface area contributed by atoms with Crippen LogP contribution in [0.25, 0.3) is 0 Å². The molecule has 1 amide bonds. The third-order valence-electron chi connectivity index (χ3n) is 3.43. The smallest absolute Gasteiger partial charge is 0.255 e. The Morgan fingerprint density at radius 2 is 1.81 bits per heavy atom. The molecule has 0 unspecified atom stereocenters. The Hall–Kier alpha value is -1.81. The molecule has 0 heterocycles. The molecule has 110 valence electrons. The number of hydrogen-bond donors (Lipinski definition) is 1. The summed E-state index contributed by atoms with van der Waals surface area (Å²) in [7, 11) is 1.64. The number of alkyl halides is 1. The largest absolute Gasteiger partial charge is 0.496 e. The molecule has 21 heavy (non-hydrogen) atoms. The minimum absolute atomic E-state index is 0.120. The van der Waals surface area contributed by atoms with Crippen LogP contribution in [0.15, 0.2) is 36.4 Å². The highest BCUT2D eigenvalue weighted by Crippen LogP contribution is 2.29. The number of nitrogens with one attached hydrogen (secondary N) is 1. The van der Waals surface area contributed by atoms with E-state index in [0.717, 1.165) is 33.5 Å². The molecule has 0 aromatic heterocycles. The monoisotopic (exact) mass is 347 g/mol. The van der Waals surface area contributed by atoms with Gasteiger partial charge in [0.25, 0.3) is 5.91 Å². The van der Waals surface area contributed by atoms with Crippen LogP contribution in [0.4, 0.5) is 5.69 Å². The fourth-order valence-corrected chi connectivity index (χ4v) is 2.59. The summed E-state index contributed by atoms with van der Waals surface area (Å²) in [5.74, 6) is 0.688. The van der Waals surface area contributed by atoms with Gasteiger partial charge >= 0.3 is 0 Å². The van der Waals surface area contributed by atoms with Gasteiger partial charge in [-0.3, -0.25) is 4.79 Å². The van der Waals surface area contributed by atoms with Crippen LogP contribution >= 0.6 is 15.9 Å². The van der Waals surface area contributed by atoms with E-state index in [9.17, 15) is 4.79 Å². The van der Waals surface area contributed by atoms with Crippen LogP contribution in [-0.4, -0.2) is 13.0 Å². The number of aryl methyl sites for hydroxylation is 1. The van der Waals surface area contributed by atoms with E-state index in [1.54, 1.807) is 7.11 Å². The van der Waals surface area contributed by atoms with Crippen LogP contribution in [0.1, 0.15) is 27.0 Å². The molecule has 0 spiro atoms. The van der Waals surface area contributed by atoms with Crippen LogP contribution in [0.5, 0.6) is 5.75 Å². The molecule has 0 saturated heterocycles. The van der Waals surface area contributed by atoms with Gasteiger partial charge in [-0.05, 0) is 43.2 Å². The number of rotatable bonds is 4. The van der Waals surface area contributed by atoms with Crippen molar-refractivity contribution < 1.29 is 9.53 Å². The molecule has 2 rings (SSSR count). The normalized spacial score (nSPS) is 10.3. The third kappa shape index (κ3) is 3.45. The second-order valence-electron chi connectivity index (χ2n) is 4.87. The van der Waals surface area contributed by atoms with Crippen LogP contribution in [0.2, 0.25) is 0 Å². The number of hydrogen-bond acceptors (Lipinski definition) is 2. The minimum atomic E-state index is -0.120. The molecule has 1 N–H and O–H groups in total. The summed E-state index contributed by atoms with van der Waals surface area (Å²) < 4.78 is 5.38. The van der Waals surface area contributed by atoms with Crippen molar-refractivity contribution in [1.29, 1.82) is 0 Å². The van der Waals surface area contributed by atoms with Crippen molar-refractivity contribution in [3.05, 3.63) is 58.7 Å². The van der Waals surface area contributed by atoms with Crippen LogP contribution in [-0.2, 0) is 5.33 Å². The topological polar surface area (TPSA) is 38.3 Å². The Labute approximate surface area is 133 Å². The summed E-state index contributed by atoms with van der Waals surface area (Å²) in [5, 5.41) is 3.72. The molecule has 4 heteroatoms. The van der Waals surface area contributed by atoms with E-state index in [1.165, 1.54) is 0 Å². The van der Waals surface area contributed by atoms with Crippen LogP contribution in [0, 0.1) is 13.8 Å². The van der Waals surface area contributed by atoms with E-state index in [0.29, 0.717) is 5.56 Å². The Balaban J connectivity index is 2.23. The molecule has 0 saturated carbocycles. The fourth-order valence-electron chi connectivity index (χ4n) is 2.22. The predicted molar refractivity (Wildman–Crippen MR) is 89.5 cm³/mol. The first-order chi connectivity index (χ1) is 10.1. The van der Waals surface area contributed by atoms with E-state index < -0.39 is 0 Å². The highest BCUT2D eigenvalue weighted by Gasteiger charge is 2.11. The maximum absolute atomic E-state index is 12.3. The van der Waals surface area contributed by atoms with E-state index in [2.05, 4.69) is 21.2 Å². The van der Waals surface area contributed by atoms with Gasteiger partial charge in [-0.2, -0.15) is 0 Å². The Bertz CT molecular complexity index is 651. The summed E-state index contributed by atoms with van der Waals surface area (Å²) in [4.78, 5) is 12.3. The first kappa shape index (κ1) is 15.6. The van der Waals surface area contributed by atoms with Crippen molar-refractivity contribution in [3.8, 4) is 5.75 Å². The first-order valence-corrected chi connectivity index (χ1v) is 7.79. The summed E-state index contributed by atoms with van der Waals surface area (Å²) in [6.45, 7) is 3.92. The SMILES string of the molecule is COc1c(C)ccc(NC(=O)c2ccc(CBr)cc2)c1C. The average molecular weight is 348 g/mol. The number of benzene rings is 2. The summed E-state index contributed by atoms with van der Waals surface area (Å²) in [6, 6.07) is 11.4. The first-order valence-electron chi connectivity index (χ1n) is 6.67. The van der Waals surface area contributed by atoms with Crippen molar-refractivity contribution in [2.45, 2.75) is 19.2 Å². The fraction of sp³-hybridized carbons (Fsp3) is 0.235. The maximum Gasteiger partial charge on any atom is 0.255 e. The molecule has 2 aromatic rings. The highest BCUT2D eigenvalue weighted by atomic mass is 79.9. The lowest BCUT2D eigenvalue weighted by Gasteiger charge is -2.14. The molecule has 3 nitrogen and oxygen atoms in total. The lowest BCUT2D eigenvalue weighted by molar-refractivity contribution is 0.102. The second kappa shape index (κ2) is 6.76. The minimum Gasteiger partial charge on any atom is -0.496 e. The number of methoxy groups -OCH3 is 1. The van der Waals surface area contributed by atoms with Crippen LogP contribution < -0.4 is 10.1 Å². The van der Waals surface area contributed by atoms with Gasteiger partial charge in [-0.15, -0.1) is 0 Å². The molecule has 0 bridgehead atoms. The van der Waals surface area contributed by atoms with Gasteiger partial charge < -0.3 is 10.1 Å². The highest BCUT2D eigenvalue weighted by molar-refractivity contribution is 9.08.